The minimum atomic E-state index is -0.878. The van der Waals surface area contributed by atoms with E-state index < -0.39 is 12.1 Å². The Balaban J connectivity index is 1.62. The molecule has 0 radical (unpaired) electrons. The first-order valence-electron chi connectivity index (χ1n) is 7.99. The van der Waals surface area contributed by atoms with Gasteiger partial charge in [0.2, 0.25) is 0 Å². The van der Waals surface area contributed by atoms with Crippen LogP contribution in [0.4, 0.5) is 10.5 Å². The number of carbonyl (C=O) groups excluding carboxylic acids is 3. The molecular formula is C17H20N2O4S. The van der Waals surface area contributed by atoms with Gasteiger partial charge < -0.3 is 14.5 Å². The number of esters is 1. The number of amides is 2. The molecule has 0 aromatic heterocycles. The summed E-state index contributed by atoms with van der Waals surface area (Å²) in [5.74, 6) is -0.0994. The molecule has 0 bridgehead atoms. The average Bonchev–Trinajstić information content (AvgIpc) is 3.09. The van der Waals surface area contributed by atoms with Gasteiger partial charge >= 0.3 is 5.97 Å². The van der Waals surface area contributed by atoms with E-state index in [-0.39, 0.29) is 23.7 Å². The summed E-state index contributed by atoms with van der Waals surface area (Å²) in [6.45, 7) is 3.99. The molecule has 0 spiro atoms. The predicted molar refractivity (Wildman–Crippen MR) is 92.1 cm³/mol. The van der Waals surface area contributed by atoms with Crippen LogP contribution in [0, 0.1) is 0 Å². The Morgan fingerprint density at radius 2 is 2.12 bits per heavy atom. The van der Waals surface area contributed by atoms with Crippen molar-refractivity contribution in [2.24, 2.45) is 0 Å². The zero-order valence-electron chi connectivity index (χ0n) is 13.7. The van der Waals surface area contributed by atoms with Crippen molar-refractivity contribution in [3.8, 4) is 0 Å². The molecule has 0 unspecified atom stereocenters. The number of rotatable bonds is 4. The SMILES string of the molecule is C[C@@H]1Cc2ccccc2N1C(=O)[C@@H](C)OC(=O)CN1CCSC1=O. The summed E-state index contributed by atoms with van der Waals surface area (Å²) in [4.78, 5) is 39.4. The third kappa shape index (κ3) is 3.26. The number of para-hydroxylation sites is 1. The highest BCUT2D eigenvalue weighted by Gasteiger charge is 2.35. The maximum atomic E-state index is 12.7. The van der Waals surface area contributed by atoms with Gasteiger partial charge in [0, 0.05) is 24.0 Å². The van der Waals surface area contributed by atoms with Crippen LogP contribution in [-0.4, -0.2) is 53.0 Å². The van der Waals surface area contributed by atoms with Crippen molar-refractivity contribution in [1.82, 2.24) is 4.90 Å². The number of carbonyl (C=O) groups is 3. The zero-order valence-corrected chi connectivity index (χ0v) is 14.5. The first kappa shape index (κ1) is 16.8. The minimum Gasteiger partial charge on any atom is -0.451 e. The third-order valence-electron chi connectivity index (χ3n) is 4.27. The maximum absolute atomic E-state index is 12.7. The number of benzene rings is 1. The van der Waals surface area contributed by atoms with Crippen molar-refractivity contribution < 1.29 is 19.1 Å². The lowest BCUT2D eigenvalue weighted by Crippen LogP contribution is -2.44. The number of anilines is 1. The highest BCUT2D eigenvalue weighted by Crippen LogP contribution is 2.32. The van der Waals surface area contributed by atoms with Gasteiger partial charge in [-0.2, -0.15) is 0 Å². The molecule has 1 fully saturated rings. The Bertz CT molecular complexity index is 678. The molecule has 2 aliphatic rings. The largest absolute Gasteiger partial charge is 0.451 e. The van der Waals surface area contributed by atoms with Gasteiger partial charge in [0.1, 0.15) is 6.54 Å². The predicted octanol–water partition coefficient (Wildman–Crippen LogP) is 2.06. The summed E-state index contributed by atoms with van der Waals surface area (Å²) in [6, 6.07) is 7.80. The molecule has 6 nitrogen and oxygen atoms in total. The van der Waals surface area contributed by atoms with E-state index in [1.165, 1.54) is 16.7 Å². The van der Waals surface area contributed by atoms with Crippen LogP contribution in [0.1, 0.15) is 19.4 Å². The van der Waals surface area contributed by atoms with Gasteiger partial charge in [-0.25, -0.2) is 0 Å². The number of fused-ring (bicyclic) bond motifs is 1. The molecule has 2 aliphatic heterocycles. The topological polar surface area (TPSA) is 66.9 Å². The van der Waals surface area contributed by atoms with Crippen molar-refractivity contribution in [3.05, 3.63) is 29.8 Å². The van der Waals surface area contributed by atoms with Crippen LogP contribution >= 0.6 is 11.8 Å². The quantitative estimate of drug-likeness (QED) is 0.779. The normalized spacial score (nSPS) is 20.9. The first-order valence-corrected chi connectivity index (χ1v) is 8.98. The molecule has 0 saturated carbocycles. The van der Waals surface area contributed by atoms with Gasteiger partial charge in [-0.1, -0.05) is 30.0 Å². The van der Waals surface area contributed by atoms with Crippen LogP contribution in [0.2, 0.25) is 0 Å². The molecule has 2 amide bonds. The molecule has 0 aliphatic carbocycles. The first-order chi connectivity index (χ1) is 11.5. The van der Waals surface area contributed by atoms with E-state index in [0.717, 1.165) is 17.7 Å². The van der Waals surface area contributed by atoms with E-state index in [9.17, 15) is 14.4 Å². The number of thioether (sulfide) groups is 1. The summed E-state index contributed by atoms with van der Waals surface area (Å²) in [6.07, 6.45) is -0.0845. The molecule has 1 aromatic carbocycles. The molecule has 1 aromatic rings. The molecule has 24 heavy (non-hydrogen) atoms. The highest BCUT2D eigenvalue weighted by atomic mass is 32.2. The summed E-state index contributed by atoms with van der Waals surface area (Å²) < 4.78 is 5.26. The molecule has 7 heteroatoms. The molecule has 3 rings (SSSR count). The standard InChI is InChI=1S/C17H20N2O4S/c1-11-9-13-5-3-4-6-14(13)19(11)16(21)12(2)23-15(20)10-18-7-8-24-17(18)22/h3-6,11-12H,7-10H2,1-2H3/t11-,12-/m1/s1. The van der Waals surface area contributed by atoms with Crippen molar-refractivity contribution in [3.63, 3.8) is 0 Å². The van der Waals surface area contributed by atoms with Crippen LogP contribution in [0.3, 0.4) is 0 Å². The smallest absolute Gasteiger partial charge is 0.326 e. The van der Waals surface area contributed by atoms with E-state index in [2.05, 4.69) is 0 Å². The van der Waals surface area contributed by atoms with Gasteiger partial charge in [-0.3, -0.25) is 14.4 Å². The fourth-order valence-electron chi connectivity index (χ4n) is 3.11. The zero-order chi connectivity index (χ0) is 17.3. The van der Waals surface area contributed by atoms with Crippen molar-refractivity contribution in [1.29, 1.82) is 0 Å². The van der Waals surface area contributed by atoms with E-state index in [4.69, 9.17) is 4.74 Å². The van der Waals surface area contributed by atoms with Crippen LogP contribution in [0.25, 0.3) is 0 Å². The van der Waals surface area contributed by atoms with Crippen LogP contribution in [-0.2, 0) is 20.7 Å². The second-order valence-corrected chi connectivity index (χ2v) is 7.10. The van der Waals surface area contributed by atoms with Gasteiger partial charge in [-0.05, 0) is 31.9 Å². The lowest BCUT2D eigenvalue weighted by atomic mass is 10.1. The van der Waals surface area contributed by atoms with Crippen molar-refractivity contribution in [2.45, 2.75) is 32.4 Å². The molecule has 2 atom stereocenters. The Morgan fingerprint density at radius 3 is 2.83 bits per heavy atom. The van der Waals surface area contributed by atoms with Crippen LogP contribution < -0.4 is 4.90 Å². The van der Waals surface area contributed by atoms with E-state index in [1.807, 2.05) is 31.2 Å². The average molecular weight is 348 g/mol. The van der Waals surface area contributed by atoms with Gasteiger partial charge in [0.25, 0.3) is 11.1 Å². The van der Waals surface area contributed by atoms with Crippen molar-refractivity contribution in [2.75, 3.05) is 23.7 Å². The van der Waals surface area contributed by atoms with Gasteiger partial charge in [0.05, 0.1) is 0 Å². The van der Waals surface area contributed by atoms with Gasteiger partial charge in [-0.15, -0.1) is 0 Å². The molecule has 2 heterocycles. The summed E-state index contributed by atoms with van der Waals surface area (Å²) in [5, 5.41) is -0.118. The summed E-state index contributed by atoms with van der Waals surface area (Å²) >= 11 is 1.19. The summed E-state index contributed by atoms with van der Waals surface area (Å²) in [5.41, 5.74) is 2.00. The molecule has 1 saturated heterocycles. The lowest BCUT2D eigenvalue weighted by molar-refractivity contribution is -0.154. The number of hydrogen-bond donors (Lipinski definition) is 0. The highest BCUT2D eigenvalue weighted by molar-refractivity contribution is 8.13. The lowest BCUT2D eigenvalue weighted by Gasteiger charge is -2.26. The number of hydrogen-bond acceptors (Lipinski definition) is 5. The van der Waals surface area contributed by atoms with E-state index in [0.29, 0.717) is 12.3 Å². The van der Waals surface area contributed by atoms with Crippen LogP contribution in [0.15, 0.2) is 24.3 Å². The van der Waals surface area contributed by atoms with Gasteiger partial charge in [0.15, 0.2) is 6.10 Å². The van der Waals surface area contributed by atoms with Crippen LogP contribution in [0.5, 0.6) is 0 Å². The number of ether oxygens (including phenoxy) is 1. The monoisotopic (exact) mass is 348 g/mol. The Labute approximate surface area is 145 Å². The minimum absolute atomic E-state index is 0.0348. The molecule has 0 N–H and O–H groups in total. The Morgan fingerprint density at radius 1 is 1.38 bits per heavy atom. The maximum Gasteiger partial charge on any atom is 0.326 e. The fourth-order valence-corrected chi connectivity index (χ4v) is 3.93. The third-order valence-corrected chi connectivity index (χ3v) is 5.16. The number of nitrogens with zero attached hydrogens (tertiary/aromatic N) is 2. The fraction of sp³-hybridized carbons (Fsp3) is 0.471. The summed E-state index contributed by atoms with van der Waals surface area (Å²) in [7, 11) is 0. The molecular weight excluding hydrogens is 328 g/mol. The van der Waals surface area contributed by atoms with E-state index in [1.54, 1.807) is 11.8 Å². The second kappa shape index (κ2) is 6.84. The molecule has 128 valence electrons. The Kier molecular flexibility index (Phi) is 4.80. The van der Waals surface area contributed by atoms with E-state index >= 15 is 0 Å². The second-order valence-electron chi connectivity index (χ2n) is 6.06. The Hall–Kier alpha value is -2.02. The van der Waals surface area contributed by atoms with Crippen molar-refractivity contribution >= 4 is 34.6 Å².